The summed E-state index contributed by atoms with van der Waals surface area (Å²) in [6.07, 6.45) is 0. The highest BCUT2D eigenvalue weighted by Gasteiger charge is 2.25. The van der Waals surface area contributed by atoms with Crippen LogP contribution < -0.4 is 5.32 Å². The van der Waals surface area contributed by atoms with Crippen molar-refractivity contribution in [1.29, 1.82) is 0 Å². The van der Waals surface area contributed by atoms with E-state index in [0.717, 1.165) is 18.3 Å². The SMILES string of the molecule is CC(C)(CNC1=NCC(c2ccccc2)S1)c1cccs1. The number of rotatable bonds is 4. The van der Waals surface area contributed by atoms with Crippen LogP contribution in [0.15, 0.2) is 52.8 Å². The number of nitrogens with one attached hydrogen (secondary N) is 1. The Labute approximate surface area is 134 Å². The summed E-state index contributed by atoms with van der Waals surface area (Å²) in [6.45, 7) is 6.35. The van der Waals surface area contributed by atoms with Gasteiger partial charge in [0.15, 0.2) is 5.17 Å². The van der Waals surface area contributed by atoms with Gasteiger partial charge in [0.2, 0.25) is 0 Å². The van der Waals surface area contributed by atoms with Crippen molar-refractivity contribution in [3.05, 3.63) is 58.3 Å². The summed E-state index contributed by atoms with van der Waals surface area (Å²) < 4.78 is 0. The maximum Gasteiger partial charge on any atom is 0.157 e. The Morgan fingerprint density at radius 1 is 1.19 bits per heavy atom. The molecule has 3 rings (SSSR count). The summed E-state index contributed by atoms with van der Waals surface area (Å²) in [7, 11) is 0. The summed E-state index contributed by atoms with van der Waals surface area (Å²) in [4.78, 5) is 6.06. The Morgan fingerprint density at radius 3 is 2.71 bits per heavy atom. The van der Waals surface area contributed by atoms with Crippen molar-refractivity contribution in [2.75, 3.05) is 13.1 Å². The lowest BCUT2D eigenvalue weighted by Crippen LogP contribution is -2.34. The first kappa shape index (κ1) is 14.7. The molecule has 110 valence electrons. The number of benzene rings is 1. The van der Waals surface area contributed by atoms with Gasteiger partial charge in [0, 0.05) is 16.8 Å². The van der Waals surface area contributed by atoms with E-state index in [2.05, 4.69) is 72.0 Å². The molecule has 1 aliphatic rings. The summed E-state index contributed by atoms with van der Waals surface area (Å²) in [6, 6.07) is 15.0. The minimum absolute atomic E-state index is 0.141. The zero-order valence-electron chi connectivity index (χ0n) is 12.4. The van der Waals surface area contributed by atoms with Gasteiger partial charge >= 0.3 is 0 Å². The van der Waals surface area contributed by atoms with E-state index in [1.807, 2.05) is 23.1 Å². The second kappa shape index (κ2) is 6.24. The van der Waals surface area contributed by atoms with E-state index in [-0.39, 0.29) is 5.41 Å². The average molecular weight is 316 g/mol. The minimum atomic E-state index is 0.141. The number of amidine groups is 1. The summed E-state index contributed by atoms with van der Waals surface area (Å²) in [5.41, 5.74) is 1.50. The van der Waals surface area contributed by atoms with Crippen LogP contribution in [0.4, 0.5) is 0 Å². The third-order valence-electron chi connectivity index (χ3n) is 3.70. The highest BCUT2D eigenvalue weighted by molar-refractivity contribution is 8.14. The number of aliphatic imine (C=N–C) groups is 1. The summed E-state index contributed by atoms with van der Waals surface area (Å²) >= 11 is 3.67. The quantitative estimate of drug-likeness (QED) is 0.900. The van der Waals surface area contributed by atoms with Crippen LogP contribution in [0.3, 0.4) is 0 Å². The molecule has 0 saturated heterocycles. The summed E-state index contributed by atoms with van der Waals surface area (Å²) in [5.74, 6) is 0. The number of nitrogens with zero attached hydrogens (tertiary/aromatic N) is 1. The second-order valence-corrected chi connectivity index (χ2v) is 8.02. The Hall–Kier alpha value is -1.26. The van der Waals surface area contributed by atoms with E-state index in [9.17, 15) is 0 Å². The molecule has 0 saturated carbocycles. The lowest BCUT2D eigenvalue weighted by molar-refractivity contribution is 0.525. The van der Waals surface area contributed by atoms with Crippen molar-refractivity contribution >= 4 is 28.3 Å². The van der Waals surface area contributed by atoms with Crippen LogP contribution in [0.2, 0.25) is 0 Å². The van der Waals surface area contributed by atoms with Gasteiger partial charge in [-0.1, -0.05) is 62.0 Å². The van der Waals surface area contributed by atoms with Gasteiger partial charge in [0.05, 0.1) is 11.8 Å². The van der Waals surface area contributed by atoms with Crippen LogP contribution in [-0.4, -0.2) is 18.3 Å². The van der Waals surface area contributed by atoms with Crippen LogP contribution in [0.25, 0.3) is 0 Å². The monoisotopic (exact) mass is 316 g/mol. The highest BCUT2D eigenvalue weighted by Crippen LogP contribution is 2.34. The van der Waals surface area contributed by atoms with E-state index in [0.29, 0.717) is 5.25 Å². The van der Waals surface area contributed by atoms with Gasteiger partial charge in [-0.05, 0) is 17.0 Å². The van der Waals surface area contributed by atoms with Crippen molar-refractivity contribution in [1.82, 2.24) is 5.32 Å². The van der Waals surface area contributed by atoms with E-state index in [1.54, 1.807) is 0 Å². The Kier molecular flexibility index (Phi) is 4.36. The Morgan fingerprint density at radius 2 is 2.00 bits per heavy atom. The molecule has 2 heterocycles. The van der Waals surface area contributed by atoms with Gasteiger partial charge in [0.1, 0.15) is 0 Å². The third-order valence-corrected chi connectivity index (χ3v) is 6.13. The fraction of sp³-hybridized carbons (Fsp3) is 0.353. The molecule has 1 N–H and O–H groups in total. The highest BCUT2D eigenvalue weighted by atomic mass is 32.2. The molecule has 2 nitrogen and oxygen atoms in total. The number of thiophene rings is 1. The first-order valence-electron chi connectivity index (χ1n) is 7.19. The zero-order chi connectivity index (χ0) is 14.7. The standard InChI is InChI=1S/C17H20N2S2/c1-17(2,15-9-6-10-20-15)12-19-16-18-11-14(21-16)13-7-4-3-5-8-13/h3-10,14H,11-12H2,1-2H3,(H,18,19). The molecule has 0 bridgehead atoms. The molecule has 0 fully saturated rings. The molecular weight excluding hydrogens is 296 g/mol. The predicted molar refractivity (Wildman–Crippen MR) is 94.4 cm³/mol. The van der Waals surface area contributed by atoms with E-state index in [4.69, 9.17) is 0 Å². The van der Waals surface area contributed by atoms with E-state index in [1.165, 1.54) is 10.4 Å². The normalized spacial score (nSPS) is 18.6. The fourth-order valence-corrected chi connectivity index (χ4v) is 4.23. The van der Waals surface area contributed by atoms with Crippen molar-refractivity contribution in [3.8, 4) is 0 Å². The molecule has 0 spiro atoms. The van der Waals surface area contributed by atoms with Gasteiger partial charge in [-0.25, -0.2) is 0 Å². The predicted octanol–water partition coefficient (Wildman–Crippen LogP) is 4.46. The first-order valence-corrected chi connectivity index (χ1v) is 8.95. The number of hydrogen-bond donors (Lipinski definition) is 1. The third kappa shape index (κ3) is 3.50. The van der Waals surface area contributed by atoms with Gasteiger partial charge in [0.25, 0.3) is 0 Å². The zero-order valence-corrected chi connectivity index (χ0v) is 14.0. The largest absolute Gasteiger partial charge is 0.364 e. The van der Waals surface area contributed by atoms with Gasteiger partial charge in [-0.15, -0.1) is 11.3 Å². The lowest BCUT2D eigenvalue weighted by Gasteiger charge is -2.24. The van der Waals surface area contributed by atoms with Crippen LogP contribution in [0.1, 0.15) is 29.5 Å². The summed E-state index contributed by atoms with van der Waals surface area (Å²) in [5, 5.41) is 7.21. The van der Waals surface area contributed by atoms with E-state index < -0.39 is 0 Å². The first-order chi connectivity index (χ1) is 10.1. The van der Waals surface area contributed by atoms with Crippen LogP contribution in [-0.2, 0) is 5.41 Å². The topological polar surface area (TPSA) is 24.4 Å². The lowest BCUT2D eigenvalue weighted by atomic mass is 9.92. The van der Waals surface area contributed by atoms with Crippen molar-refractivity contribution in [2.45, 2.75) is 24.5 Å². The van der Waals surface area contributed by atoms with Gasteiger partial charge in [-0.2, -0.15) is 0 Å². The molecule has 2 aromatic rings. The maximum atomic E-state index is 4.65. The molecular formula is C17H20N2S2. The Bertz CT molecular complexity index is 603. The molecule has 4 heteroatoms. The smallest absolute Gasteiger partial charge is 0.157 e. The molecule has 21 heavy (non-hydrogen) atoms. The molecule has 1 atom stereocenters. The van der Waals surface area contributed by atoms with Crippen LogP contribution >= 0.6 is 23.1 Å². The molecule has 1 aromatic heterocycles. The minimum Gasteiger partial charge on any atom is -0.364 e. The Balaban J connectivity index is 1.56. The molecule has 1 aliphatic heterocycles. The van der Waals surface area contributed by atoms with Crippen molar-refractivity contribution in [3.63, 3.8) is 0 Å². The van der Waals surface area contributed by atoms with Gasteiger partial charge < -0.3 is 5.32 Å². The fourth-order valence-electron chi connectivity index (χ4n) is 2.36. The molecule has 0 radical (unpaired) electrons. The molecule has 1 unspecified atom stereocenters. The van der Waals surface area contributed by atoms with Crippen molar-refractivity contribution in [2.24, 2.45) is 4.99 Å². The van der Waals surface area contributed by atoms with Crippen molar-refractivity contribution < 1.29 is 0 Å². The number of hydrogen-bond acceptors (Lipinski definition) is 4. The maximum absolute atomic E-state index is 4.65. The molecule has 0 amide bonds. The second-order valence-electron chi connectivity index (χ2n) is 5.88. The molecule has 1 aromatic carbocycles. The van der Waals surface area contributed by atoms with E-state index >= 15 is 0 Å². The molecule has 0 aliphatic carbocycles. The van der Waals surface area contributed by atoms with Gasteiger partial charge in [-0.3, -0.25) is 4.99 Å². The number of thioether (sulfide) groups is 1. The van der Waals surface area contributed by atoms with Crippen LogP contribution in [0, 0.1) is 0 Å². The average Bonchev–Trinajstić information content (AvgIpc) is 3.18. The van der Waals surface area contributed by atoms with Crippen LogP contribution in [0.5, 0.6) is 0 Å².